The second-order valence-electron chi connectivity index (χ2n) is 5.85. The summed E-state index contributed by atoms with van der Waals surface area (Å²) in [4.78, 5) is 8.81. The molecule has 3 aromatic rings. The minimum Gasteiger partial charge on any atom is -0.340 e. The van der Waals surface area contributed by atoms with Crippen molar-refractivity contribution >= 4 is 23.1 Å². The fourth-order valence-corrected chi connectivity index (χ4v) is 2.58. The molecule has 1 heterocycles. The predicted molar refractivity (Wildman–Crippen MR) is 95.7 cm³/mol. The van der Waals surface area contributed by atoms with Gasteiger partial charge in [0.15, 0.2) is 0 Å². The molecule has 0 radical (unpaired) electrons. The number of anilines is 4. The lowest BCUT2D eigenvalue weighted by Gasteiger charge is -2.11. The zero-order valence-corrected chi connectivity index (χ0v) is 13.9. The number of nitrogens with zero attached hydrogens (tertiary/aromatic N) is 2. The SMILES string of the molecule is Cc1cc(C)cc(Nc2cc(C)nc(Nc3cccc(F)c3)n2)c1. The molecule has 4 nitrogen and oxygen atoms in total. The zero-order chi connectivity index (χ0) is 17.1. The molecule has 24 heavy (non-hydrogen) atoms. The van der Waals surface area contributed by atoms with Crippen molar-refractivity contribution in [1.82, 2.24) is 9.97 Å². The summed E-state index contributed by atoms with van der Waals surface area (Å²) in [5.41, 5.74) is 4.76. The Balaban J connectivity index is 1.85. The second-order valence-corrected chi connectivity index (χ2v) is 5.85. The molecule has 0 aliphatic carbocycles. The smallest absolute Gasteiger partial charge is 0.229 e. The Kier molecular flexibility index (Phi) is 4.42. The maximum Gasteiger partial charge on any atom is 0.229 e. The summed E-state index contributed by atoms with van der Waals surface area (Å²) in [7, 11) is 0. The molecule has 0 atom stereocenters. The minimum absolute atomic E-state index is 0.304. The maximum absolute atomic E-state index is 13.3. The third kappa shape index (κ3) is 4.07. The van der Waals surface area contributed by atoms with Gasteiger partial charge in [-0.05, 0) is 62.2 Å². The molecule has 0 aliphatic rings. The minimum atomic E-state index is -0.304. The van der Waals surface area contributed by atoms with Gasteiger partial charge in [-0.15, -0.1) is 0 Å². The molecule has 122 valence electrons. The number of aromatic nitrogens is 2. The van der Waals surface area contributed by atoms with E-state index in [-0.39, 0.29) is 5.82 Å². The number of halogens is 1. The fourth-order valence-electron chi connectivity index (χ4n) is 2.58. The Labute approximate surface area is 140 Å². The molecule has 0 bridgehead atoms. The third-order valence-corrected chi connectivity index (χ3v) is 3.43. The van der Waals surface area contributed by atoms with E-state index in [9.17, 15) is 4.39 Å². The predicted octanol–water partition coefficient (Wildman–Crippen LogP) is 5.03. The van der Waals surface area contributed by atoms with Crippen LogP contribution < -0.4 is 10.6 Å². The Bertz CT molecular complexity index is 857. The van der Waals surface area contributed by atoms with E-state index < -0.39 is 0 Å². The van der Waals surface area contributed by atoms with Gasteiger partial charge in [0.25, 0.3) is 0 Å². The van der Waals surface area contributed by atoms with E-state index in [0.29, 0.717) is 17.5 Å². The first-order valence-electron chi connectivity index (χ1n) is 7.71. The summed E-state index contributed by atoms with van der Waals surface area (Å²) in [6, 6.07) is 14.3. The zero-order valence-electron chi connectivity index (χ0n) is 13.9. The molecular formula is C19H19FN4. The van der Waals surface area contributed by atoms with Crippen LogP contribution in [0.5, 0.6) is 0 Å². The molecule has 0 saturated carbocycles. The molecule has 0 fully saturated rings. The van der Waals surface area contributed by atoms with Crippen LogP contribution in [0.1, 0.15) is 16.8 Å². The van der Waals surface area contributed by atoms with E-state index in [2.05, 4.69) is 52.6 Å². The quantitative estimate of drug-likeness (QED) is 0.707. The lowest BCUT2D eigenvalue weighted by molar-refractivity contribution is 0.628. The van der Waals surface area contributed by atoms with Gasteiger partial charge in [0.05, 0.1) is 0 Å². The topological polar surface area (TPSA) is 49.8 Å². The third-order valence-electron chi connectivity index (χ3n) is 3.43. The molecule has 1 aromatic heterocycles. The van der Waals surface area contributed by atoms with Gasteiger partial charge in [-0.3, -0.25) is 0 Å². The summed E-state index contributed by atoms with van der Waals surface area (Å²) in [6.45, 7) is 6.01. The average molecular weight is 322 g/mol. The van der Waals surface area contributed by atoms with Crippen LogP contribution in [0.25, 0.3) is 0 Å². The van der Waals surface area contributed by atoms with Crippen molar-refractivity contribution in [2.45, 2.75) is 20.8 Å². The number of nitrogens with one attached hydrogen (secondary N) is 2. The number of hydrogen-bond donors (Lipinski definition) is 2. The van der Waals surface area contributed by atoms with E-state index in [1.807, 2.05) is 13.0 Å². The molecule has 5 heteroatoms. The van der Waals surface area contributed by atoms with Crippen molar-refractivity contribution in [1.29, 1.82) is 0 Å². The van der Waals surface area contributed by atoms with Gasteiger partial charge in [0.2, 0.25) is 5.95 Å². The molecule has 2 aromatic carbocycles. The Hall–Kier alpha value is -2.95. The molecule has 2 N–H and O–H groups in total. The van der Waals surface area contributed by atoms with Crippen LogP contribution in [0, 0.1) is 26.6 Å². The van der Waals surface area contributed by atoms with E-state index in [1.165, 1.54) is 23.3 Å². The first-order valence-corrected chi connectivity index (χ1v) is 7.71. The standard InChI is InChI=1S/C19H19FN4/c1-12-7-13(2)9-17(8-12)22-18-10-14(3)21-19(24-18)23-16-6-4-5-15(20)11-16/h4-11H,1-3H3,(H2,21,22,23,24). The summed E-state index contributed by atoms with van der Waals surface area (Å²) in [5.74, 6) is 0.806. The van der Waals surface area contributed by atoms with E-state index in [1.54, 1.807) is 12.1 Å². The number of hydrogen-bond acceptors (Lipinski definition) is 4. The molecule has 0 aliphatic heterocycles. The molecule has 0 amide bonds. The number of aryl methyl sites for hydroxylation is 3. The largest absolute Gasteiger partial charge is 0.340 e. The number of benzene rings is 2. The highest BCUT2D eigenvalue weighted by molar-refractivity contribution is 5.61. The van der Waals surface area contributed by atoms with E-state index in [0.717, 1.165) is 11.4 Å². The Morgan fingerprint density at radius 2 is 1.54 bits per heavy atom. The normalized spacial score (nSPS) is 10.5. The van der Waals surface area contributed by atoms with Crippen molar-refractivity contribution in [2.75, 3.05) is 10.6 Å². The van der Waals surface area contributed by atoms with Crippen LogP contribution in [0.2, 0.25) is 0 Å². The van der Waals surface area contributed by atoms with Gasteiger partial charge >= 0.3 is 0 Å². The van der Waals surface area contributed by atoms with Crippen molar-refractivity contribution in [3.63, 3.8) is 0 Å². The molecule has 0 spiro atoms. The van der Waals surface area contributed by atoms with Crippen molar-refractivity contribution in [2.24, 2.45) is 0 Å². The highest BCUT2D eigenvalue weighted by Gasteiger charge is 2.05. The Morgan fingerprint density at radius 1 is 0.792 bits per heavy atom. The lowest BCUT2D eigenvalue weighted by atomic mass is 10.1. The van der Waals surface area contributed by atoms with Gasteiger partial charge in [0, 0.05) is 23.1 Å². The average Bonchev–Trinajstić information content (AvgIpc) is 2.45. The molecule has 0 saturated heterocycles. The highest BCUT2D eigenvalue weighted by atomic mass is 19.1. The van der Waals surface area contributed by atoms with Gasteiger partial charge in [-0.2, -0.15) is 4.98 Å². The molecule has 3 rings (SSSR count). The van der Waals surface area contributed by atoms with Crippen LogP contribution in [0.4, 0.5) is 27.5 Å². The van der Waals surface area contributed by atoms with Gasteiger partial charge in [-0.25, -0.2) is 9.37 Å². The van der Waals surface area contributed by atoms with Crippen LogP contribution in [-0.2, 0) is 0 Å². The van der Waals surface area contributed by atoms with Crippen LogP contribution in [0.3, 0.4) is 0 Å². The molecular weight excluding hydrogens is 303 g/mol. The van der Waals surface area contributed by atoms with Crippen molar-refractivity contribution < 1.29 is 4.39 Å². The van der Waals surface area contributed by atoms with Gasteiger partial charge in [0.1, 0.15) is 11.6 Å². The van der Waals surface area contributed by atoms with Crippen LogP contribution in [0.15, 0.2) is 48.5 Å². The fraction of sp³-hybridized carbons (Fsp3) is 0.158. The first-order chi connectivity index (χ1) is 11.5. The van der Waals surface area contributed by atoms with E-state index in [4.69, 9.17) is 0 Å². The van der Waals surface area contributed by atoms with E-state index >= 15 is 0 Å². The lowest BCUT2D eigenvalue weighted by Crippen LogP contribution is -2.02. The van der Waals surface area contributed by atoms with Crippen molar-refractivity contribution in [3.05, 3.63) is 71.2 Å². The van der Waals surface area contributed by atoms with Gasteiger partial charge in [-0.1, -0.05) is 12.1 Å². The second kappa shape index (κ2) is 6.66. The van der Waals surface area contributed by atoms with Gasteiger partial charge < -0.3 is 10.6 Å². The van der Waals surface area contributed by atoms with Crippen LogP contribution >= 0.6 is 0 Å². The monoisotopic (exact) mass is 322 g/mol. The number of rotatable bonds is 4. The summed E-state index contributed by atoms with van der Waals surface area (Å²) in [5, 5.41) is 6.33. The van der Waals surface area contributed by atoms with Crippen molar-refractivity contribution in [3.8, 4) is 0 Å². The van der Waals surface area contributed by atoms with Crippen LogP contribution in [-0.4, -0.2) is 9.97 Å². The summed E-state index contributed by atoms with van der Waals surface area (Å²) < 4.78 is 13.3. The first kappa shape index (κ1) is 15.9. The maximum atomic E-state index is 13.3. The summed E-state index contributed by atoms with van der Waals surface area (Å²) >= 11 is 0. The Morgan fingerprint density at radius 3 is 2.25 bits per heavy atom. The summed E-state index contributed by atoms with van der Waals surface area (Å²) in [6.07, 6.45) is 0. The molecule has 0 unspecified atom stereocenters. The highest BCUT2D eigenvalue weighted by Crippen LogP contribution is 2.21.